The molecule has 6 nitrogen and oxygen atoms in total. The Kier molecular flexibility index (Phi) is 7.31. The number of nitrogens with one attached hydrogen (secondary N) is 2. The molecule has 0 unspecified atom stereocenters. The van der Waals surface area contributed by atoms with Crippen molar-refractivity contribution in [2.75, 3.05) is 22.7 Å². The molecule has 0 radical (unpaired) electrons. The molecule has 0 spiro atoms. The molecule has 0 saturated carbocycles. The molecule has 0 fully saturated rings. The van der Waals surface area contributed by atoms with Gasteiger partial charge in [0.1, 0.15) is 0 Å². The Hall–Kier alpha value is -3.32. The van der Waals surface area contributed by atoms with E-state index in [-0.39, 0.29) is 22.1 Å². The van der Waals surface area contributed by atoms with E-state index in [0.29, 0.717) is 6.54 Å². The van der Waals surface area contributed by atoms with Crippen molar-refractivity contribution in [2.45, 2.75) is 25.3 Å². The molecule has 0 atom stereocenters. The van der Waals surface area contributed by atoms with E-state index >= 15 is 0 Å². The molecule has 3 aromatic carbocycles. The number of carbonyl (C=O) groups is 1. The second-order valence-electron chi connectivity index (χ2n) is 6.99. The standard InChI is InChI=1S/C24H27N3O3S/c1-3-27(4-2)20-16-14-19(15-17-20)18-25-24(28)22-12-8-9-13-23(22)26-31(29,30)21-10-6-5-7-11-21/h5-17,26H,3-4,18H2,1-2H3,(H,25,28). The molecule has 0 aliphatic rings. The van der Waals surface area contributed by atoms with Gasteiger partial charge in [0, 0.05) is 25.3 Å². The first-order valence-corrected chi connectivity index (χ1v) is 11.7. The normalized spacial score (nSPS) is 11.0. The molecule has 31 heavy (non-hydrogen) atoms. The van der Waals surface area contributed by atoms with Crippen molar-refractivity contribution < 1.29 is 13.2 Å². The summed E-state index contributed by atoms with van der Waals surface area (Å²) in [4.78, 5) is 15.2. The fraction of sp³-hybridized carbons (Fsp3) is 0.208. The molecular formula is C24H27N3O3S. The summed E-state index contributed by atoms with van der Waals surface area (Å²) in [6, 6.07) is 22.7. The highest BCUT2D eigenvalue weighted by molar-refractivity contribution is 7.92. The third-order valence-electron chi connectivity index (χ3n) is 4.99. The number of carbonyl (C=O) groups excluding carboxylic acids is 1. The van der Waals surface area contributed by atoms with Gasteiger partial charge < -0.3 is 10.2 Å². The second-order valence-corrected chi connectivity index (χ2v) is 8.67. The minimum atomic E-state index is -3.79. The van der Waals surface area contributed by atoms with Gasteiger partial charge in [0.25, 0.3) is 15.9 Å². The molecule has 3 rings (SSSR count). The lowest BCUT2D eigenvalue weighted by Crippen LogP contribution is -2.25. The van der Waals surface area contributed by atoms with E-state index < -0.39 is 10.0 Å². The molecule has 3 aromatic rings. The quantitative estimate of drug-likeness (QED) is 0.524. The van der Waals surface area contributed by atoms with Gasteiger partial charge >= 0.3 is 0 Å². The maximum absolute atomic E-state index is 12.8. The number of sulfonamides is 1. The van der Waals surface area contributed by atoms with Gasteiger partial charge in [-0.1, -0.05) is 42.5 Å². The van der Waals surface area contributed by atoms with Gasteiger partial charge in [0.05, 0.1) is 16.1 Å². The Bertz CT molecular complexity index is 1110. The monoisotopic (exact) mass is 437 g/mol. The molecule has 0 aliphatic heterocycles. The Morgan fingerprint density at radius 3 is 2.10 bits per heavy atom. The molecule has 0 bridgehead atoms. The lowest BCUT2D eigenvalue weighted by Gasteiger charge is -2.21. The number of nitrogens with zero attached hydrogens (tertiary/aromatic N) is 1. The lowest BCUT2D eigenvalue weighted by atomic mass is 10.1. The summed E-state index contributed by atoms with van der Waals surface area (Å²) >= 11 is 0. The summed E-state index contributed by atoms with van der Waals surface area (Å²) < 4.78 is 27.8. The van der Waals surface area contributed by atoms with E-state index in [2.05, 4.69) is 28.8 Å². The van der Waals surface area contributed by atoms with Gasteiger partial charge in [-0.15, -0.1) is 0 Å². The van der Waals surface area contributed by atoms with Crippen LogP contribution in [0.3, 0.4) is 0 Å². The first-order valence-electron chi connectivity index (χ1n) is 10.2. The molecule has 7 heteroatoms. The number of rotatable bonds is 9. The molecular weight excluding hydrogens is 410 g/mol. The highest BCUT2D eigenvalue weighted by Crippen LogP contribution is 2.20. The molecule has 0 heterocycles. The van der Waals surface area contributed by atoms with Crippen LogP contribution in [0.25, 0.3) is 0 Å². The zero-order valence-electron chi connectivity index (χ0n) is 17.7. The van der Waals surface area contributed by atoms with Crippen LogP contribution in [0.5, 0.6) is 0 Å². The van der Waals surface area contributed by atoms with Crippen molar-refractivity contribution in [2.24, 2.45) is 0 Å². The Morgan fingerprint density at radius 2 is 1.45 bits per heavy atom. The van der Waals surface area contributed by atoms with Crippen molar-refractivity contribution in [1.82, 2.24) is 5.32 Å². The molecule has 162 valence electrons. The van der Waals surface area contributed by atoms with Crippen molar-refractivity contribution in [3.8, 4) is 0 Å². The highest BCUT2D eigenvalue weighted by Gasteiger charge is 2.18. The molecule has 0 aliphatic carbocycles. The average molecular weight is 438 g/mol. The smallest absolute Gasteiger partial charge is 0.261 e. The third kappa shape index (κ3) is 5.64. The summed E-state index contributed by atoms with van der Waals surface area (Å²) in [5, 5.41) is 2.87. The van der Waals surface area contributed by atoms with Crippen LogP contribution in [-0.4, -0.2) is 27.4 Å². The van der Waals surface area contributed by atoms with Crippen LogP contribution >= 0.6 is 0 Å². The predicted octanol–water partition coefficient (Wildman–Crippen LogP) is 4.26. The van der Waals surface area contributed by atoms with Crippen LogP contribution in [0, 0.1) is 0 Å². The minimum absolute atomic E-state index is 0.138. The predicted molar refractivity (Wildman–Crippen MR) is 125 cm³/mol. The Morgan fingerprint density at radius 1 is 0.839 bits per heavy atom. The largest absolute Gasteiger partial charge is 0.372 e. The van der Waals surface area contributed by atoms with Crippen molar-refractivity contribution in [1.29, 1.82) is 0 Å². The van der Waals surface area contributed by atoms with E-state index in [4.69, 9.17) is 0 Å². The van der Waals surface area contributed by atoms with Gasteiger partial charge in [-0.3, -0.25) is 9.52 Å². The van der Waals surface area contributed by atoms with Crippen LogP contribution in [-0.2, 0) is 16.6 Å². The van der Waals surface area contributed by atoms with Gasteiger partial charge in [-0.2, -0.15) is 0 Å². The van der Waals surface area contributed by atoms with Crippen LogP contribution in [0.2, 0.25) is 0 Å². The average Bonchev–Trinajstić information content (AvgIpc) is 2.80. The first kappa shape index (κ1) is 22.4. The minimum Gasteiger partial charge on any atom is -0.372 e. The summed E-state index contributed by atoms with van der Waals surface area (Å²) in [5.74, 6) is -0.348. The zero-order valence-corrected chi connectivity index (χ0v) is 18.5. The van der Waals surface area contributed by atoms with Crippen molar-refractivity contribution in [3.63, 3.8) is 0 Å². The topological polar surface area (TPSA) is 78.5 Å². The van der Waals surface area contributed by atoms with Gasteiger partial charge in [-0.05, 0) is 55.8 Å². The maximum Gasteiger partial charge on any atom is 0.261 e. The Labute approximate surface area is 184 Å². The number of hydrogen-bond donors (Lipinski definition) is 2. The van der Waals surface area contributed by atoms with Crippen molar-refractivity contribution >= 4 is 27.3 Å². The van der Waals surface area contributed by atoms with Crippen LogP contribution in [0.15, 0.2) is 83.8 Å². The number of anilines is 2. The van der Waals surface area contributed by atoms with E-state index in [1.54, 1.807) is 42.5 Å². The van der Waals surface area contributed by atoms with E-state index in [9.17, 15) is 13.2 Å². The van der Waals surface area contributed by atoms with E-state index in [1.165, 1.54) is 12.1 Å². The molecule has 1 amide bonds. The van der Waals surface area contributed by atoms with Gasteiger partial charge in [0.2, 0.25) is 0 Å². The highest BCUT2D eigenvalue weighted by atomic mass is 32.2. The third-order valence-corrected chi connectivity index (χ3v) is 6.37. The Balaban J connectivity index is 1.70. The lowest BCUT2D eigenvalue weighted by molar-refractivity contribution is 0.0952. The van der Waals surface area contributed by atoms with Crippen LogP contribution in [0.1, 0.15) is 29.8 Å². The molecule has 2 N–H and O–H groups in total. The van der Waals surface area contributed by atoms with Crippen molar-refractivity contribution in [3.05, 3.63) is 90.0 Å². The molecule has 0 aromatic heterocycles. The van der Waals surface area contributed by atoms with Gasteiger partial charge in [-0.25, -0.2) is 8.42 Å². The van der Waals surface area contributed by atoms with E-state index in [0.717, 1.165) is 24.3 Å². The zero-order chi connectivity index (χ0) is 22.3. The first-order chi connectivity index (χ1) is 14.9. The van der Waals surface area contributed by atoms with Crippen LogP contribution < -0.4 is 14.9 Å². The summed E-state index contributed by atoms with van der Waals surface area (Å²) in [6.07, 6.45) is 0. The number of benzene rings is 3. The SMILES string of the molecule is CCN(CC)c1ccc(CNC(=O)c2ccccc2NS(=O)(=O)c2ccccc2)cc1. The number of para-hydroxylation sites is 1. The summed E-state index contributed by atoms with van der Waals surface area (Å²) in [7, 11) is -3.79. The summed E-state index contributed by atoms with van der Waals surface area (Å²) in [5.41, 5.74) is 2.61. The fourth-order valence-corrected chi connectivity index (χ4v) is 4.37. The van der Waals surface area contributed by atoms with Crippen LogP contribution in [0.4, 0.5) is 11.4 Å². The van der Waals surface area contributed by atoms with Gasteiger partial charge in [0.15, 0.2) is 0 Å². The van der Waals surface area contributed by atoms with E-state index in [1.807, 2.05) is 24.3 Å². The number of hydrogen-bond acceptors (Lipinski definition) is 4. The second kappa shape index (κ2) is 10.1. The number of amides is 1. The summed E-state index contributed by atoms with van der Waals surface area (Å²) in [6.45, 7) is 6.43. The maximum atomic E-state index is 12.8. The molecule has 0 saturated heterocycles. The fourth-order valence-electron chi connectivity index (χ4n) is 3.26.